The van der Waals surface area contributed by atoms with E-state index < -0.39 is 0 Å². The van der Waals surface area contributed by atoms with Crippen LogP contribution < -0.4 is 10.6 Å². The third-order valence-electron chi connectivity index (χ3n) is 4.81. The maximum atomic E-state index is 12.5. The van der Waals surface area contributed by atoms with E-state index in [1.165, 1.54) is 0 Å². The highest BCUT2D eigenvalue weighted by atomic mass is 16.2. The number of anilines is 2. The van der Waals surface area contributed by atoms with Crippen molar-refractivity contribution in [1.82, 2.24) is 4.90 Å². The van der Waals surface area contributed by atoms with Crippen LogP contribution in [-0.2, 0) is 9.59 Å². The van der Waals surface area contributed by atoms with Gasteiger partial charge in [0.2, 0.25) is 11.8 Å². The van der Waals surface area contributed by atoms with Gasteiger partial charge in [-0.2, -0.15) is 0 Å². The molecule has 0 saturated carbocycles. The number of hydrogen-bond acceptors (Lipinski definition) is 3. The Bertz CT molecular complexity index is 834. The SMILES string of the molecule is CCCCN1C[C@H](C(=O)Nc2ccc(C(=O)Nc3ccccc3)cc2)CC1=O. The Morgan fingerprint density at radius 1 is 1.00 bits per heavy atom. The lowest BCUT2D eigenvalue weighted by atomic mass is 10.1. The minimum atomic E-state index is -0.328. The predicted octanol–water partition coefficient (Wildman–Crippen LogP) is 3.53. The van der Waals surface area contributed by atoms with Gasteiger partial charge in [-0.25, -0.2) is 0 Å². The summed E-state index contributed by atoms with van der Waals surface area (Å²) in [7, 11) is 0. The van der Waals surface area contributed by atoms with Crippen molar-refractivity contribution in [3.63, 3.8) is 0 Å². The molecule has 1 fully saturated rings. The minimum absolute atomic E-state index is 0.0431. The van der Waals surface area contributed by atoms with Crippen LogP contribution in [0, 0.1) is 5.92 Å². The van der Waals surface area contributed by atoms with Gasteiger partial charge in [0.15, 0.2) is 0 Å². The van der Waals surface area contributed by atoms with Crippen LogP contribution in [0.25, 0.3) is 0 Å². The molecule has 0 radical (unpaired) electrons. The van der Waals surface area contributed by atoms with Gasteiger partial charge in [-0.3, -0.25) is 14.4 Å². The Balaban J connectivity index is 1.54. The first-order valence-corrected chi connectivity index (χ1v) is 9.62. The lowest BCUT2D eigenvalue weighted by molar-refractivity contribution is -0.128. The Kier molecular flexibility index (Phi) is 6.42. The molecule has 0 bridgehead atoms. The van der Waals surface area contributed by atoms with Crippen LogP contribution >= 0.6 is 0 Å². The van der Waals surface area contributed by atoms with Gasteiger partial charge in [0.25, 0.3) is 5.91 Å². The van der Waals surface area contributed by atoms with Crippen LogP contribution in [-0.4, -0.2) is 35.7 Å². The fraction of sp³-hybridized carbons (Fsp3) is 0.318. The topological polar surface area (TPSA) is 78.5 Å². The maximum absolute atomic E-state index is 12.5. The molecule has 1 heterocycles. The minimum Gasteiger partial charge on any atom is -0.342 e. The first-order valence-electron chi connectivity index (χ1n) is 9.62. The van der Waals surface area contributed by atoms with Crippen molar-refractivity contribution in [3.05, 3.63) is 60.2 Å². The second-order valence-corrected chi connectivity index (χ2v) is 6.98. The summed E-state index contributed by atoms with van der Waals surface area (Å²) in [6.45, 7) is 3.26. The summed E-state index contributed by atoms with van der Waals surface area (Å²) in [6.07, 6.45) is 2.23. The normalized spacial score (nSPS) is 16.1. The van der Waals surface area contributed by atoms with E-state index in [0.717, 1.165) is 18.5 Å². The van der Waals surface area contributed by atoms with E-state index in [1.54, 1.807) is 29.2 Å². The summed E-state index contributed by atoms with van der Waals surface area (Å²) < 4.78 is 0. The van der Waals surface area contributed by atoms with Gasteiger partial charge in [0, 0.05) is 36.4 Å². The number of nitrogens with one attached hydrogen (secondary N) is 2. The average Bonchev–Trinajstić information content (AvgIpc) is 3.08. The van der Waals surface area contributed by atoms with Crippen molar-refractivity contribution in [2.45, 2.75) is 26.2 Å². The molecule has 6 nitrogen and oxygen atoms in total. The Hall–Kier alpha value is -3.15. The van der Waals surface area contributed by atoms with Crippen molar-refractivity contribution >= 4 is 29.1 Å². The van der Waals surface area contributed by atoms with E-state index in [1.807, 2.05) is 30.3 Å². The summed E-state index contributed by atoms with van der Waals surface area (Å²) in [5.41, 5.74) is 1.84. The van der Waals surface area contributed by atoms with Crippen LogP contribution in [0.5, 0.6) is 0 Å². The van der Waals surface area contributed by atoms with E-state index in [4.69, 9.17) is 0 Å². The van der Waals surface area contributed by atoms with Gasteiger partial charge in [0.05, 0.1) is 5.92 Å². The van der Waals surface area contributed by atoms with E-state index in [-0.39, 0.29) is 30.1 Å². The number of unbranched alkanes of at least 4 members (excludes halogenated alkanes) is 1. The second-order valence-electron chi connectivity index (χ2n) is 6.98. The number of carbonyl (C=O) groups is 3. The Labute approximate surface area is 164 Å². The summed E-state index contributed by atoms with van der Waals surface area (Å²) in [5.74, 6) is -0.655. The van der Waals surface area contributed by atoms with E-state index in [2.05, 4.69) is 17.6 Å². The molecule has 1 aliphatic heterocycles. The number of nitrogens with zero attached hydrogens (tertiary/aromatic N) is 1. The lowest BCUT2D eigenvalue weighted by Gasteiger charge is -2.16. The van der Waals surface area contributed by atoms with Crippen LogP contribution in [0.15, 0.2) is 54.6 Å². The maximum Gasteiger partial charge on any atom is 0.255 e. The number of rotatable bonds is 7. The van der Waals surface area contributed by atoms with Crippen LogP contribution in [0.3, 0.4) is 0 Å². The number of benzene rings is 2. The lowest BCUT2D eigenvalue weighted by Crippen LogP contribution is -2.29. The molecule has 2 aromatic carbocycles. The largest absolute Gasteiger partial charge is 0.342 e. The first-order chi connectivity index (χ1) is 13.6. The third-order valence-corrected chi connectivity index (χ3v) is 4.81. The number of para-hydroxylation sites is 1. The highest BCUT2D eigenvalue weighted by Gasteiger charge is 2.33. The molecule has 3 amide bonds. The molecule has 0 spiro atoms. The van der Waals surface area contributed by atoms with Gasteiger partial charge in [-0.1, -0.05) is 31.5 Å². The van der Waals surface area contributed by atoms with E-state index in [0.29, 0.717) is 24.3 Å². The fourth-order valence-electron chi connectivity index (χ4n) is 3.19. The van der Waals surface area contributed by atoms with Crippen molar-refractivity contribution in [2.75, 3.05) is 23.7 Å². The smallest absolute Gasteiger partial charge is 0.255 e. The summed E-state index contributed by atoms with van der Waals surface area (Å²) in [5, 5.41) is 5.67. The molecule has 28 heavy (non-hydrogen) atoms. The van der Waals surface area contributed by atoms with Gasteiger partial charge in [-0.05, 0) is 42.8 Å². The Morgan fingerprint density at radius 2 is 1.68 bits per heavy atom. The number of hydrogen-bond donors (Lipinski definition) is 2. The molecule has 0 unspecified atom stereocenters. The zero-order valence-electron chi connectivity index (χ0n) is 16.0. The molecule has 0 aromatic heterocycles. The Morgan fingerprint density at radius 3 is 2.36 bits per heavy atom. The van der Waals surface area contributed by atoms with Crippen molar-refractivity contribution in [1.29, 1.82) is 0 Å². The fourth-order valence-corrected chi connectivity index (χ4v) is 3.19. The number of carbonyl (C=O) groups excluding carboxylic acids is 3. The van der Waals surface area contributed by atoms with Crippen molar-refractivity contribution in [2.24, 2.45) is 5.92 Å². The molecule has 2 N–H and O–H groups in total. The van der Waals surface area contributed by atoms with Gasteiger partial charge >= 0.3 is 0 Å². The highest BCUT2D eigenvalue weighted by Crippen LogP contribution is 2.21. The average molecular weight is 379 g/mol. The van der Waals surface area contributed by atoms with Crippen molar-refractivity contribution < 1.29 is 14.4 Å². The summed E-state index contributed by atoms with van der Waals surface area (Å²) in [4.78, 5) is 38.5. The summed E-state index contributed by atoms with van der Waals surface area (Å²) >= 11 is 0. The standard InChI is InChI=1S/C22H25N3O3/c1-2-3-13-25-15-17(14-20(25)26)22(28)24-19-11-9-16(10-12-19)21(27)23-18-7-5-4-6-8-18/h4-12,17H,2-3,13-15H2,1H3,(H,23,27)(H,24,28)/t17-/m1/s1. The van der Waals surface area contributed by atoms with Crippen LogP contribution in [0.2, 0.25) is 0 Å². The summed E-state index contributed by atoms with van der Waals surface area (Å²) in [6, 6.07) is 16.0. The molecular weight excluding hydrogens is 354 g/mol. The molecule has 2 aromatic rings. The van der Waals surface area contributed by atoms with Gasteiger partial charge in [0.1, 0.15) is 0 Å². The number of likely N-dealkylation sites (tertiary alicyclic amines) is 1. The molecular formula is C22H25N3O3. The van der Waals surface area contributed by atoms with Gasteiger partial charge in [-0.15, -0.1) is 0 Å². The zero-order chi connectivity index (χ0) is 19.9. The molecule has 1 saturated heterocycles. The highest BCUT2D eigenvalue weighted by molar-refractivity contribution is 6.04. The molecule has 1 atom stereocenters. The molecule has 3 rings (SSSR count). The van der Waals surface area contributed by atoms with E-state index in [9.17, 15) is 14.4 Å². The first kappa shape index (κ1) is 19.6. The zero-order valence-corrected chi connectivity index (χ0v) is 16.0. The number of amides is 3. The monoisotopic (exact) mass is 379 g/mol. The van der Waals surface area contributed by atoms with Crippen LogP contribution in [0.4, 0.5) is 11.4 Å². The van der Waals surface area contributed by atoms with Crippen LogP contribution in [0.1, 0.15) is 36.5 Å². The van der Waals surface area contributed by atoms with Gasteiger partial charge < -0.3 is 15.5 Å². The predicted molar refractivity (Wildman–Crippen MR) is 109 cm³/mol. The second kappa shape index (κ2) is 9.17. The molecule has 146 valence electrons. The quantitative estimate of drug-likeness (QED) is 0.772. The van der Waals surface area contributed by atoms with E-state index >= 15 is 0 Å². The third kappa shape index (κ3) is 4.97. The molecule has 1 aliphatic rings. The molecule has 0 aliphatic carbocycles. The molecule has 6 heteroatoms. The van der Waals surface area contributed by atoms with Crippen molar-refractivity contribution in [3.8, 4) is 0 Å².